The number of para-hydroxylation sites is 1. The van der Waals surface area contributed by atoms with Crippen LogP contribution in [0.4, 0.5) is 5.69 Å². The molecule has 0 unspecified atom stereocenters. The smallest absolute Gasteiger partial charge is 0.244 e. The van der Waals surface area contributed by atoms with Crippen molar-refractivity contribution in [3.8, 4) is 0 Å². The lowest BCUT2D eigenvalue weighted by atomic mass is 10.2. The second-order valence-electron chi connectivity index (χ2n) is 7.11. The molecule has 0 atom stereocenters. The van der Waals surface area contributed by atoms with Crippen molar-refractivity contribution in [1.82, 2.24) is 4.57 Å². The van der Waals surface area contributed by atoms with Crippen molar-refractivity contribution >= 4 is 55.5 Å². The van der Waals surface area contributed by atoms with E-state index < -0.39 is 9.84 Å². The van der Waals surface area contributed by atoms with Crippen LogP contribution in [-0.4, -0.2) is 18.9 Å². The van der Waals surface area contributed by atoms with Crippen molar-refractivity contribution in [3.05, 3.63) is 88.5 Å². The minimum atomic E-state index is -3.80. The van der Waals surface area contributed by atoms with Crippen LogP contribution in [0.3, 0.4) is 0 Å². The lowest BCUT2D eigenvalue weighted by Crippen LogP contribution is -2.18. The number of amides is 1. The molecule has 0 aliphatic carbocycles. The van der Waals surface area contributed by atoms with E-state index in [9.17, 15) is 13.2 Å². The number of anilines is 1. The van der Waals surface area contributed by atoms with E-state index in [1.807, 2.05) is 13.0 Å². The predicted octanol–water partition coefficient (Wildman–Crippen LogP) is 5.73. The first-order valence-corrected chi connectivity index (χ1v) is 11.6. The summed E-state index contributed by atoms with van der Waals surface area (Å²) in [7, 11) is -3.80. The van der Waals surface area contributed by atoms with E-state index >= 15 is 0 Å². The van der Waals surface area contributed by atoms with Gasteiger partial charge in [-0.15, -0.1) is 0 Å². The maximum absolute atomic E-state index is 13.2. The van der Waals surface area contributed by atoms with Crippen molar-refractivity contribution in [2.24, 2.45) is 0 Å². The van der Waals surface area contributed by atoms with E-state index in [1.54, 1.807) is 41.0 Å². The number of hydrogen-bond donors (Lipinski definition) is 1. The summed E-state index contributed by atoms with van der Waals surface area (Å²) in [5, 5.41) is 4.35. The predicted molar refractivity (Wildman–Crippen MR) is 124 cm³/mol. The quantitative estimate of drug-likeness (QED) is 0.403. The minimum Gasteiger partial charge on any atom is -0.337 e. The normalized spacial score (nSPS) is 11.6. The van der Waals surface area contributed by atoms with E-state index in [4.69, 9.17) is 23.2 Å². The van der Waals surface area contributed by atoms with Crippen LogP contribution in [0.25, 0.3) is 10.9 Å². The molecule has 0 saturated heterocycles. The van der Waals surface area contributed by atoms with Crippen LogP contribution < -0.4 is 5.32 Å². The third-order valence-corrected chi connectivity index (χ3v) is 7.39. The van der Waals surface area contributed by atoms with Gasteiger partial charge in [0.15, 0.2) is 0 Å². The van der Waals surface area contributed by atoms with Gasteiger partial charge in [-0.3, -0.25) is 4.79 Å². The monoisotopic (exact) mass is 472 g/mol. The lowest BCUT2D eigenvalue weighted by molar-refractivity contribution is -0.116. The maximum Gasteiger partial charge on any atom is 0.244 e. The van der Waals surface area contributed by atoms with Crippen LogP contribution in [0.5, 0.6) is 0 Å². The Morgan fingerprint density at radius 3 is 2.42 bits per heavy atom. The molecule has 0 radical (unpaired) electrons. The van der Waals surface area contributed by atoms with E-state index in [1.165, 1.54) is 30.5 Å². The zero-order valence-electron chi connectivity index (χ0n) is 16.5. The summed E-state index contributed by atoms with van der Waals surface area (Å²) in [6, 6.07) is 18.4. The number of fused-ring (bicyclic) bond motifs is 1. The Labute approximate surface area is 190 Å². The van der Waals surface area contributed by atoms with Gasteiger partial charge in [-0.2, -0.15) is 0 Å². The Hall–Kier alpha value is -2.80. The zero-order chi connectivity index (χ0) is 22.2. The summed E-state index contributed by atoms with van der Waals surface area (Å²) in [6.07, 6.45) is 1.50. The molecule has 0 aliphatic heterocycles. The molecular formula is C23H18Cl2N2O3S. The van der Waals surface area contributed by atoms with Crippen molar-refractivity contribution in [1.29, 1.82) is 0 Å². The van der Waals surface area contributed by atoms with Crippen molar-refractivity contribution < 1.29 is 13.2 Å². The molecule has 3 aromatic carbocycles. The van der Waals surface area contributed by atoms with Gasteiger partial charge in [-0.25, -0.2) is 8.42 Å². The van der Waals surface area contributed by atoms with E-state index in [0.29, 0.717) is 26.6 Å². The zero-order valence-corrected chi connectivity index (χ0v) is 18.8. The summed E-state index contributed by atoms with van der Waals surface area (Å²) in [6.45, 7) is 1.82. The summed E-state index contributed by atoms with van der Waals surface area (Å²) in [5.41, 5.74) is 2.13. The summed E-state index contributed by atoms with van der Waals surface area (Å²) in [4.78, 5) is 12.9. The van der Waals surface area contributed by atoms with E-state index in [2.05, 4.69) is 5.32 Å². The summed E-state index contributed by atoms with van der Waals surface area (Å²) >= 11 is 12.0. The Balaban J connectivity index is 1.69. The first kappa shape index (κ1) is 21.4. The van der Waals surface area contributed by atoms with Crippen LogP contribution in [0.2, 0.25) is 10.0 Å². The molecule has 158 valence electrons. The molecule has 8 heteroatoms. The van der Waals surface area contributed by atoms with Crippen LogP contribution >= 0.6 is 23.2 Å². The number of benzene rings is 3. The first-order chi connectivity index (χ1) is 14.8. The van der Waals surface area contributed by atoms with Gasteiger partial charge >= 0.3 is 0 Å². The number of nitrogens with zero attached hydrogens (tertiary/aromatic N) is 1. The van der Waals surface area contributed by atoms with Gasteiger partial charge in [-0.1, -0.05) is 47.5 Å². The Morgan fingerprint density at radius 2 is 1.71 bits per heavy atom. The van der Waals surface area contributed by atoms with Gasteiger partial charge in [0, 0.05) is 32.8 Å². The lowest BCUT2D eigenvalue weighted by Gasteiger charge is -2.08. The van der Waals surface area contributed by atoms with Crippen LogP contribution in [0, 0.1) is 6.92 Å². The number of rotatable bonds is 5. The molecule has 1 heterocycles. The van der Waals surface area contributed by atoms with Crippen LogP contribution in [-0.2, 0) is 21.2 Å². The number of hydrogen-bond acceptors (Lipinski definition) is 3. The second-order valence-corrected chi connectivity index (χ2v) is 9.87. The highest BCUT2D eigenvalue weighted by molar-refractivity contribution is 7.91. The van der Waals surface area contributed by atoms with E-state index in [-0.39, 0.29) is 22.2 Å². The number of aryl methyl sites for hydroxylation is 1. The maximum atomic E-state index is 13.2. The number of carbonyl (C=O) groups is 1. The second kappa shape index (κ2) is 8.38. The highest BCUT2D eigenvalue weighted by Crippen LogP contribution is 2.31. The SMILES string of the molecule is Cc1ccc(NC(=O)Cn2cc(S(=O)(=O)c3ccc(Cl)cc3)c3ccccc32)cc1Cl. The van der Waals surface area contributed by atoms with Gasteiger partial charge in [0.05, 0.1) is 9.79 Å². The Bertz CT molecular complexity index is 1390. The Kier molecular flexibility index (Phi) is 5.79. The van der Waals surface area contributed by atoms with Gasteiger partial charge in [0.2, 0.25) is 15.7 Å². The highest BCUT2D eigenvalue weighted by Gasteiger charge is 2.24. The molecular weight excluding hydrogens is 455 g/mol. The average Bonchev–Trinajstić information content (AvgIpc) is 3.10. The number of carbonyl (C=O) groups excluding carboxylic acids is 1. The number of nitrogens with one attached hydrogen (secondary N) is 1. The van der Waals surface area contributed by atoms with Gasteiger partial charge < -0.3 is 9.88 Å². The molecule has 1 N–H and O–H groups in total. The van der Waals surface area contributed by atoms with Gasteiger partial charge in [-0.05, 0) is 55.0 Å². The Morgan fingerprint density at radius 1 is 1.00 bits per heavy atom. The molecule has 0 spiro atoms. The van der Waals surface area contributed by atoms with Gasteiger partial charge in [0.25, 0.3) is 0 Å². The molecule has 5 nitrogen and oxygen atoms in total. The fourth-order valence-electron chi connectivity index (χ4n) is 3.32. The van der Waals surface area contributed by atoms with Crippen molar-refractivity contribution in [2.75, 3.05) is 5.32 Å². The number of halogens is 2. The molecule has 0 saturated carbocycles. The number of sulfone groups is 1. The van der Waals surface area contributed by atoms with E-state index in [0.717, 1.165) is 5.56 Å². The molecule has 1 aromatic heterocycles. The fourth-order valence-corrected chi connectivity index (χ4v) is 5.11. The molecule has 4 rings (SSSR count). The largest absolute Gasteiger partial charge is 0.337 e. The third-order valence-electron chi connectivity index (χ3n) is 4.94. The van der Waals surface area contributed by atoms with Crippen LogP contribution in [0.1, 0.15) is 5.56 Å². The topological polar surface area (TPSA) is 68.2 Å². The van der Waals surface area contributed by atoms with Crippen molar-refractivity contribution in [2.45, 2.75) is 23.3 Å². The van der Waals surface area contributed by atoms with Crippen LogP contribution in [0.15, 0.2) is 82.7 Å². The third kappa shape index (κ3) is 4.32. The molecule has 0 aliphatic rings. The molecule has 1 amide bonds. The standard InChI is InChI=1S/C23H18Cl2N2O3S/c1-15-6-9-17(12-20(15)25)26-23(28)14-27-13-22(19-4-2-3-5-21(19)27)31(29,30)18-10-7-16(24)8-11-18/h2-13H,14H2,1H3,(H,26,28). The molecule has 4 aromatic rings. The molecule has 0 fully saturated rings. The minimum absolute atomic E-state index is 0.0534. The van der Waals surface area contributed by atoms with Crippen molar-refractivity contribution in [3.63, 3.8) is 0 Å². The first-order valence-electron chi connectivity index (χ1n) is 9.40. The molecule has 31 heavy (non-hydrogen) atoms. The number of aromatic nitrogens is 1. The van der Waals surface area contributed by atoms with Gasteiger partial charge in [0.1, 0.15) is 6.54 Å². The summed E-state index contributed by atoms with van der Waals surface area (Å²) < 4.78 is 28.1. The average molecular weight is 473 g/mol. The summed E-state index contributed by atoms with van der Waals surface area (Å²) in [5.74, 6) is -0.295. The highest BCUT2D eigenvalue weighted by atomic mass is 35.5. The molecule has 0 bridgehead atoms. The fraction of sp³-hybridized carbons (Fsp3) is 0.0870.